The zero-order valence-corrected chi connectivity index (χ0v) is 13.6. The molecule has 0 aliphatic carbocycles. The number of pyridine rings is 1. The average Bonchev–Trinajstić information content (AvgIpc) is 3.13. The quantitative estimate of drug-likeness (QED) is 0.802. The van der Waals surface area contributed by atoms with Gasteiger partial charge in [-0.25, -0.2) is 4.98 Å². The van der Waals surface area contributed by atoms with E-state index in [0.29, 0.717) is 13.2 Å². The van der Waals surface area contributed by atoms with E-state index in [2.05, 4.69) is 15.0 Å². The van der Waals surface area contributed by atoms with Crippen molar-refractivity contribution in [3.05, 3.63) is 42.2 Å². The topological polar surface area (TPSA) is 71.1 Å². The maximum atomic E-state index is 12.5. The van der Waals surface area contributed by atoms with Gasteiger partial charge in [0.25, 0.3) is 0 Å². The van der Waals surface area contributed by atoms with Gasteiger partial charge in [0.05, 0.1) is 23.6 Å². The highest BCUT2D eigenvalue weighted by Gasteiger charge is 2.34. The molecule has 1 aliphatic rings. The Morgan fingerprint density at radius 2 is 2.08 bits per heavy atom. The van der Waals surface area contributed by atoms with E-state index in [1.54, 1.807) is 24.4 Å². The summed E-state index contributed by atoms with van der Waals surface area (Å²) in [6, 6.07) is 7.87. The van der Waals surface area contributed by atoms with Crippen molar-refractivity contribution in [2.24, 2.45) is 0 Å². The Labute approximate surface area is 139 Å². The lowest BCUT2D eigenvalue weighted by atomic mass is 10.0. The largest absolute Gasteiger partial charge is 0.383 e. The molecule has 2 aromatic heterocycles. The van der Waals surface area contributed by atoms with E-state index in [1.165, 1.54) is 0 Å². The van der Waals surface area contributed by atoms with Crippen LogP contribution in [-0.4, -0.2) is 41.1 Å². The highest BCUT2D eigenvalue weighted by atomic mass is 16.5. The monoisotopic (exact) mass is 322 g/mol. The van der Waals surface area contributed by atoms with E-state index in [4.69, 9.17) is 4.74 Å². The van der Waals surface area contributed by atoms with Gasteiger partial charge in [0.2, 0.25) is 5.91 Å². The number of benzene rings is 1. The van der Waals surface area contributed by atoms with Gasteiger partial charge in [0.15, 0.2) is 0 Å². The summed E-state index contributed by atoms with van der Waals surface area (Å²) in [4.78, 5) is 26.3. The third-order valence-electron chi connectivity index (χ3n) is 4.50. The molecule has 0 fully saturated rings. The number of ether oxygens (including phenoxy) is 1. The number of carbonyl (C=O) groups excluding carboxylic acids is 1. The number of nitrogens with one attached hydrogen (secondary N) is 1. The summed E-state index contributed by atoms with van der Waals surface area (Å²) in [5.74, 6) is 0.768. The molecule has 6 nitrogen and oxygen atoms in total. The molecule has 0 bridgehead atoms. The highest BCUT2D eigenvalue weighted by Crippen LogP contribution is 2.39. The van der Waals surface area contributed by atoms with Gasteiger partial charge in [0.1, 0.15) is 5.82 Å². The van der Waals surface area contributed by atoms with E-state index in [1.807, 2.05) is 31.2 Å². The van der Waals surface area contributed by atoms with Crippen molar-refractivity contribution in [3.63, 3.8) is 0 Å². The van der Waals surface area contributed by atoms with E-state index >= 15 is 0 Å². The van der Waals surface area contributed by atoms with Crippen molar-refractivity contribution in [3.8, 4) is 11.4 Å². The minimum atomic E-state index is -0.151. The number of aromatic amines is 1. The molecule has 6 heteroatoms. The molecule has 24 heavy (non-hydrogen) atoms. The van der Waals surface area contributed by atoms with Crippen LogP contribution in [-0.2, 0) is 9.53 Å². The maximum Gasteiger partial charge on any atom is 0.234 e. The number of methoxy groups -OCH3 is 1. The molecule has 4 rings (SSSR count). The van der Waals surface area contributed by atoms with Crippen LogP contribution in [0, 0.1) is 0 Å². The number of hydrogen-bond acceptors (Lipinski definition) is 4. The molecule has 0 saturated heterocycles. The Balaban J connectivity index is 1.80. The molecule has 0 spiro atoms. The number of amides is 1. The standard InChI is InChI=1S/C18H18N4O2/c1-11-13-9-14-15(10-16(13)22(18(11)23)7-8-24-2)21-17(20-14)12-3-5-19-6-4-12/h3-6,9-11H,7-8H2,1-2H3,(H,20,21). The number of nitrogens with zero attached hydrogens (tertiary/aromatic N) is 3. The molecule has 3 aromatic rings. The van der Waals surface area contributed by atoms with Crippen molar-refractivity contribution in [1.29, 1.82) is 0 Å². The molecule has 122 valence electrons. The Kier molecular flexibility index (Phi) is 3.54. The summed E-state index contributed by atoms with van der Waals surface area (Å²) in [5, 5.41) is 0. The molecule has 1 N–H and O–H groups in total. The molecule has 0 radical (unpaired) electrons. The van der Waals surface area contributed by atoms with Crippen LogP contribution < -0.4 is 4.90 Å². The Morgan fingerprint density at radius 1 is 1.29 bits per heavy atom. The normalized spacial score (nSPS) is 16.8. The Hall–Kier alpha value is -2.73. The zero-order valence-electron chi connectivity index (χ0n) is 13.6. The summed E-state index contributed by atoms with van der Waals surface area (Å²) < 4.78 is 5.13. The highest BCUT2D eigenvalue weighted by molar-refractivity contribution is 6.07. The van der Waals surface area contributed by atoms with Crippen LogP contribution in [0.5, 0.6) is 0 Å². The smallest absolute Gasteiger partial charge is 0.234 e. The second kappa shape index (κ2) is 5.72. The van der Waals surface area contributed by atoms with Crippen molar-refractivity contribution in [2.45, 2.75) is 12.8 Å². The number of H-pyrrole nitrogens is 1. The molecule has 0 saturated carbocycles. The van der Waals surface area contributed by atoms with Gasteiger partial charge in [-0.3, -0.25) is 9.78 Å². The fraction of sp³-hybridized carbons (Fsp3) is 0.278. The van der Waals surface area contributed by atoms with E-state index in [-0.39, 0.29) is 11.8 Å². The first-order valence-electron chi connectivity index (χ1n) is 7.93. The van der Waals surface area contributed by atoms with Gasteiger partial charge in [-0.05, 0) is 36.8 Å². The van der Waals surface area contributed by atoms with Gasteiger partial charge >= 0.3 is 0 Å². The number of aromatic nitrogens is 3. The summed E-state index contributed by atoms with van der Waals surface area (Å²) in [5.41, 5.74) is 4.75. The molecule has 1 atom stereocenters. The molecule has 3 heterocycles. The van der Waals surface area contributed by atoms with Crippen molar-refractivity contribution in [1.82, 2.24) is 15.0 Å². The SMILES string of the molecule is COCCN1C(=O)C(C)c2cc3nc(-c4ccncc4)[nH]c3cc21. The molecule has 1 amide bonds. The first-order valence-corrected chi connectivity index (χ1v) is 7.93. The van der Waals surface area contributed by atoms with Crippen molar-refractivity contribution >= 4 is 22.6 Å². The predicted molar refractivity (Wildman–Crippen MR) is 92.0 cm³/mol. The average molecular weight is 322 g/mol. The number of hydrogen-bond donors (Lipinski definition) is 1. The summed E-state index contributed by atoms with van der Waals surface area (Å²) >= 11 is 0. The lowest BCUT2D eigenvalue weighted by Crippen LogP contribution is -2.31. The fourth-order valence-electron chi connectivity index (χ4n) is 3.19. The molecular weight excluding hydrogens is 304 g/mol. The van der Waals surface area contributed by atoms with Crippen LogP contribution in [0.15, 0.2) is 36.7 Å². The summed E-state index contributed by atoms with van der Waals surface area (Å²) in [7, 11) is 1.64. The number of anilines is 1. The van der Waals surface area contributed by atoms with Gasteiger partial charge in [0, 0.05) is 37.3 Å². The first kappa shape index (κ1) is 14.8. The van der Waals surface area contributed by atoms with Crippen molar-refractivity contribution < 1.29 is 9.53 Å². The van der Waals surface area contributed by atoms with Crippen LogP contribution in [0.4, 0.5) is 5.69 Å². The summed E-state index contributed by atoms with van der Waals surface area (Å²) in [6.07, 6.45) is 3.49. The molecular formula is C18H18N4O2. The van der Waals surface area contributed by atoms with Crippen LogP contribution in [0.1, 0.15) is 18.4 Å². The number of rotatable bonds is 4. The van der Waals surface area contributed by atoms with Crippen LogP contribution in [0.2, 0.25) is 0 Å². The lowest BCUT2D eigenvalue weighted by Gasteiger charge is -2.17. The van der Waals surface area contributed by atoms with Crippen LogP contribution in [0.25, 0.3) is 22.4 Å². The van der Waals surface area contributed by atoms with Gasteiger partial charge in [-0.2, -0.15) is 0 Å². The summed E-state index contributed by atoms with van der Waals surface area (Å²) in [6.45, 7) is 3.01. The van der Waals surface area contributed by atoms with Gasteiger partial charge in [-0.1, -0.05) is 0 Å². The molecule has 1 aromatic carbocycles. The second-order valence-electron chi connectivity index (χ2n) is 5.95. The van der Waals surface area contributed by atoms with Crippen LogP contribution >= 0.6 is 0 Å². The molecule has 1 aliphatic heterocycles. The Bertz CT molecular complexity index is 904. The van der Waals surface area contributed by atoms with E-state index < -0.39 is 0 Å². The number of imidazole rings is 1. The Morgan fingerprint density at radius 3 is 2.83 bits per heavy atom. The van der Waals surface area contributed by atoms with Crippen molar-refractivity contribution in [2.75, 3.05) is 25.2 Å². The van der Waals surface area contributed by atoms with E-state index in [0.717, 1.165) is 33.7 Å². The van der Waals surface area contributed by atoms with Gasteiger partial charge < -0.3 is 14.6 Å². The third-order valence-corrected chi connectivity index (χ3v) is 4.50. The van der Waals surface area contributed by atoms with E-state index in [9.17, 15) is 4.79 Å². The van der Waals surface area contributed by atoms with Crippen LogP contribution in [0.3, 0.4) is 0 Å². The molecule has 1 unspecified atom stereocenters. The minimum absolute atomic E-state index is 0.115. The second-order valence-corrected chi connectivity index (χ2v) is 5.95. The third kappa shape index (κ3) is 2.27. The predicted octanol–water partition coefficient (Wildman–Crippen LogP) is 2.72. The van der Waals surface area contributed by atoms with Gasteiger partial charge in [-0.15, -0.1) is 0 Å². The number of fused-ring (bicyclic) bond motifs is 2. The first-order chi connectivity index (χ1) is 11.7. The lowest BCUT2D eigenvalue weighted by molar-refractivity contribution is -0.119. The maximum absolute atomic E-state index is 12.5. The minimum Gasteiger partial charge on any atom is -0.383 e. The fourth-order valence-corrected chi connectivity index (χ4v) is 3.19. The zero-order chi connectivity index (χ0) is 16.7. The number of carbonyl (C=O) groups is 1.